The molecule has 1 aromatic rings. The van der Waals surface area contributed by atoms with E-state index >= 15 is 0 Å². The lowest BCUT2D eigenvalue weighted by Gasteiger charge is -2.22. The molecule has 0 aliphatic rings. The van der Waals surface area contributed by atoms with Crippen LogP contribution in [0.5, 0.6) is 0 Å². The summed E-state index contributed by atoms with van der Waals surface area (Å²) in [5.41, 5.74) is 0.0640. The van der Waals surface area contributed by atoms with Gasteiger partial charge in [-0.1, -0.05) is 33.6 Å². The van der Waals surface area contributed by atoms with Crippen LogP contribution >= 0.6 is 34.1 Å². The van der Waals surface area contributed by atoms with Gasteiger partial charge in [0.05, 0.1) is 3.57 Å². The van der Waals surface area contributed by atoms with Crippen LogP contribution in [-0.2, 0) is 5.41 Å². The molecule has 0 atom stereocenters. The second kappa shape index (κ2) is 4.88. The molecular formula is C10H15FINS. The van der Waals surface area contributed by atoms with Crippen molar-refractivity contribution in [1.29, 1.82) is 0 Å². The average Bonchev–Trinajstić information content (AvgIpc) is 2.45. The Balaban J connectivity index is 2.86. The summed E-state index contributed by atoms with van der Waals surface area (Å²) in [6.07, 6.45) is 3.46. The lowest BCUT2D eigenvalue weighted by atomic mass is 9.86. The molecule has 80 valence electrons. The first kappa shape index (κ1) is 12.4. The van der Waals surface area contributed by atoms with Crippen LogP contribution in [0.25, 0.3) is 0 Å². The van der Waals surface area contributed by atoms with Gasteiger partial charge in [0.2, 0.25) is 5.95 Å². The fraction of sp³-hybridized carbons (Fsp3) is 0.700. The summed E-state index contributed by atoms with van der Waals surface area (Å²) in [5, 5.41) is 0. The summed E-state index contributed by atoms with van der Waals surface area (Å²) >= 11 is 3.35. The highest BCUT2D eigenvalue weighted by atomic mass is 127. The molecule has 0 aliphatic carbocycles. The van der Waals surface area contributed by atoms with Crippen LogP contribution in [0.15, 0.2) is 0 Å². The number of nitrogens with zero attached hydrogens (tertiary/aromatic N) is 1. The number of aromatic nitrogens is 1. The Morgan fingerprint density at radius 1 is 1.50 bits per heavy atom. The molecule has 0 aliphatic heterocycles. The summed E-state index contributed by atoms with van der Waals surface area (Å²) in [6, 6.07) is 0. The smallest absolute Gasteiger partial charge is 0.183 e. The van der Waals surface area contributed by atoms with E-state index in [1.165, 1.54) is 24.4 Å². The van der Waals surface area contributed by atoms with E-state index in [0.29, 0.717) is 3.57 Å². The van der Waals surface area contributed by atoms with Crippen LogP contribution in [0, 0.1) is 9.52 Å². The zero-order valence-electron chi connectivity index (χ0n) is 8.73. The Labute approximate surface area is 102 Å². The van der Waals surface area contributed by atoms with E-state index in [1.807, 2.05) is 0 Å². The summed E-state index contributed by atoms with van der Waals surface area (Å²) in [5.74, 6) is -0.310. The first-order chi connectivity index (χ1) is 6.49. The first-order valence-corrected chi connectivity index (χ1v) is 6.65. The number of rotatable bonds is 4. The molecule has 0 unspecified atom stereocenters. The molecule has 14 heavy (non-hydrogen) atoms. The van der Waals surface area contributed by atoms with Gasteiger partial charge < -0.3 is 0 Å². The number of unbranched alkanes of at least 4 members (excludes halogenated alkanes) is 1. The van der Waals surface area contributed by atoms with Gasteiger partial charge in [-0.2, -0.15) is 8.76 Å². The van der Waals surface area contributed by atoms with Gasteiger partial charge in [0.15, 0.2) is 0 Å². The maximum Gasteiger partial charge on any atom is 0.238 e. The quantitative estimate of drug-likeness (QED) is 0.749. The van der Waals surface area contributed by atoms with Crippen molar-refractivity contribution in [3.05, 3.63) is 14.4 Å². The molecule has 1 nitrogen and oxygen atoms in total. The fourth-order valence-corrected chi connectivity index (χ4v) is 3.50. The maximum atomic E-state index is 13.1. The van der Waals surface area contributed by atoms with Crippen molar-refractivity contribution in [2.75, 3.05) is 0 Å². The Kier molecular flexibility index (Phi) is 4.30. The van der Waals surface area contributed by atoms with E-state index in [-0.39, 0.29) is 11.4 Å². The molecule has 4 heteroatoms. The minimum Gasteiger partial charge on any atom is -0.183 e. The minimum atomic E-state index is -0.310. The summed E-state index contributed by atoms with van der Waals surface area (Å²) < 4.78 is 17.5. The Morgan fingerprint density at radius 2 is 2.14 bits per heavy atom. The maximum absolute atomic E-state index is 13.1. The SMILES string of the molecule is CCCCC(C)(C)c1snc(F)c1I. The Morgan fingerprint density at radius 3 is 2.57 bits per heavy atom. The van der Waals surface area contributed by atoms with Crippen LogP contribution < -0.4 is 0 Å². The predicted molar refractivity (Wildman–Crippen MR) is 67.3 cm³/mol. The highest BCUT2D eigenvalue weighted by molar-refractivity contribution is 14.1. The first-order valence-electron chi connectivity index (χ1n) is 4.80. The van der Waals surface area contributed by atoms with E-state index in [1.54, 1.807) is 0 Å². The molecule has 0 saturated heterocycles. The molecule has 0 saturated carbocycles. The zero-order chi connectivity index (χ0) is 10.8. The summed E-state index contributed by atoms with van der Waals surface area (Å²) in [4.78, 5) is 1.09. The normalized spacial score (nSPS) is 12.1. The highest BCUT2D eigenvalue weighted by Gasteiger charge is 2.26. The third-order valence-electron chi connectivity index (χ3n) is 2.37. The molecule has 1 heterocycles. The largest absolute Gasteiger partial charge is 0.238 e. The Bertz CT molecular complexity index is 309. The number of halogens is 2. The fourth-order valence-electron chi connectivity index (χ4n) is 1.41. The van der Waals surface area contributed by atoms with Crippen LogP contribution in [-0.4, -0.2) is 4.37 Å². The molecule has 0 N–H and O–H groups in total. The van der Waals surface area contributed by atoms with Crippen molar-refractivity contribution in [2.45, 2.75) is 45.4 Å². The summed E-state index contributed by atoms with van der Waals surface area (Å²) in [7, 11) is 0. The molecule has 0 amide bonds. The molecule has 1 aromatic heterocycles. The van der Waals surface area contributed by atoms with Crippen molar-refractivity contribution in [3.63, 3.8) is 0 Å². The summed E-state index contributed by atoms with van der Waals surface area (Å²) in [6.45, 7) is 6.50. The second-order valence-electron chi connectivity index (χ2n) is 4.10. The van der Waals surface area contributed by atoms with Gasteiger partial charge in [-0.3, -0.25) is 0 Å². The van der Waals surface area contributed by atoms with Gasteiger partial charge in [0.1, 0.15) is 0 Å². The topological polar surface area (TPSA) is 12.9 Å². The molecule has 0 spiro atoms. The zero-order valence-corrected chi connectivity index (χ0v) is 11.7. The highest BCUT2D eigenvalue weighted by Crippen LogP contribution is 2.36. The lowest BCUT2D eigenvalue weighted by molar-refractivity contribution is 0.461. The van der Waals surface area contributed by atoms with Crippen molar-refractivity contribution < 1.29 is 4.39 Å². The van der Waals surface area contributed by atoms with Gasteiger partial charge in [-0.05, 0) is 40.5 Å². The van der Waals surface area contributed by atoms with E-state index in [0.717, 1.165) is 11.3 Å². The molecule has 0 aromatic carbocycles. The molecular weight excluding hydrogens is 312 g/mol. The van der Waals surface area contributed by atoms with E-state index < -0.39 is 0 Å². The predicted octanol–water partition coefficient (Wildman–Crippen LogP) is 4.35. The van der Waals surface area contributed by atoms with Gasteiger partial charge in [0.25, 0.3) is 0 Å². The number of hydrogen-bond donors (Lipinski definition) is 0. The lowest BCUT2D eigenvalue weighted by Crippen LogP contribution is -2.16. The van der Waals surface area contributed by atoms with Crippen LogP contribution in [0.4, 0.5) is 4.39 Å². The standard InChI is InChI=1S/C10H15FINS/c1-4-5-6-10(2,3)8-7(12)9(11)13-14-8/h4-6H2,1-3H3. The monoisotopic (exact) mass is 327 g/mol. The van der Waals surface area contributed by atoms with Gasteiger partial charge in [0, 0.05) is 10.3 Å². The third kappa shape index (κ3) is 2.66. The van der Waals surface area contributed by atoms with Crippen LogP contribution in [0.3, 0.4) is 0 Å². The molecule has 0 fully saturated rings. The van der Waals surface area contributed by atoms with Crippen molar-refractivity contribution in [1.82, 2.24) is 4.37 Å². The van der Waals surface area contributed by atoms with Gasteiger partial charge >= 0.3 is 0 Å². The van der Waals surface area contributed by atoms with E-state index in [2.05, 4.69) is 47.7 Å². The molecule has 1 rings (SSSR count). The van der Waals surface area contributed by atoms with Crippen molar-refractivity contribution >= 4 is 34.1 Å². The third-order valence-corrected chi connectivity index (χ3v) is 4.91. The van der Waals surface area contributed by atoms with Crippen molar-refractivity contribution in [2.24, 2.45) is 0 Å². The minimum absolute atomic E-state index is 0.0640. The van der Waals surface area contributed by atoms with E-state index in [4.69, 9.17) is 0 Å². The number of hydrogen-bond acceptors (Lipinski definition) is 2. The van der Waals surface area contributed by atoms with Gasteiger partial charge in [-0.25, -0.2) is 0 Å². The van der Waals surface area contributed by atoms with E-state index in [9.17, 15) is 4.39 Å². The Hall–Kier alpha value is 0.290. The molecule has 0 radical (unpaired) electrons. The second-order valence-corrected chi connectivity index (χ2v) is 5.96. The van der Waals surface area contributed by atoms with Crippen molar-refractivity contribution in [3.8, 4) is 0 Å². The van der Waals surface area contributed by atoms with Crippen LogP contribution in [0.2, 0.25) is 0 Å². The molecule has 0 bridgehead atoms. The average molecular weight is 327 g/mol. The van der Waals surface area contributed by atoms with Crippen LogP contribution in [0.1, 0.15) is 44.9 Å². The van der Waals surface area contributed by atoms with Gasteiger partial charge in [-0.15, -0.1) is 0 Å².